The molecule has 3 aromatic rings. The van der Waals surface area contributed by atoms with E-state index in [9.17, 15) is 9.59 Å². The molecule has 0 spiro atoms. The Morgan fingerprint density at radius 3 is 2.65 bits per heavy atom. The fourth-order valence-corrected chi connectivity index (χ4v) is 3.13. The molecular formula is C17H15N3O3. The third-order valence-corrected chi connectivity index (χ3v) is 4.25. The van der Waals surface area contributed by atoms with E-state index in [0.717, 1.165) is 11.3 Å². The molecule has 4 rings (SSSR count). The number of aromatic nitrogens is 2. The molecule has 1 aromatic heterocycles. The summed E-state index contributed by atoms with van der Waals surface area (Å²) >= 11 is 0. The zero-order valence-corrected chi connectivity index (χ0v) is 12.5. The van der Waals surface area contributed by atoms with Gasteiger partial charge in [-0.2, -0.15) is 0 Å². The van der Waals surface area contributed by atoms with Gasteiger partial charge >= 0.3 is 5.69 Å². The Labute approximate surface area is 131 Å². The highest BCUT2D eigenvalue weighted by molar-refractivity contribution is 6.05. The molecular weight excluding hydrogens is 294 g/mol. The fourth-order valence-electron chi connectivity index (χ4n) is 3.13. The second-order valence-electron chi connectivity index (χ2n) is 5.50. The summed E-state index contributed by atoms with van der Waals surface area (Å²) in [4.78, 5) is 27.6. The van der Waals surface area contributed by atoms with Gasteiger partial charge in [-0.05, 0) is 29.8 Å². The molecule has 23 heavy (non-hydrogen) atoms. The van der Waals surface area contributed by atoms with E-state index in [0.29, 0.717) is 23.1 Å². The lowest BCUT2D eigenvalue weighted by atomic mass is 10.1. The molecule has 0 radical (unpaired) electrons. The van der Waals surface area contributed by atoms with E-state index in [1.807, 2.05) is 24.3 Å². The average Bonchev–Trinajstić information content (AvgIpc) is 2.82. The predicted molar refractivity (Wildman–Crippen MR) is 86.0 cm³/mol. The Balaban J connectivity index is 1.96. The Kier molecular flexibility index (Phi) is 2.97. The molecule has 0 fully saturated rings. The number of aromatic amines is 1. The maximum atomic E-state index is 12.5. The Hall–Kier alpha value is -3.02. The van der Waals surface area contributed by atoms with Gasteiger partial charge in [-0.1, -0.05) is 18.2 Å². The number of hydrogen-bond donors (Lipinski definition) is 2. The van der Waals surface area contributed by atoms with E-state index in [1.165, 1.54) is 0 Å². The zero-order valence-electron chi connectivity index (χ0n) is 12.5. The van der Waals surface area contributed by atoms with Crippen molar-refractivity contribution in [3.05, 3.63) is 64.1 Å². The van der Waals surface area contributed by atoms with Crippen LogP contribution in [0.5, 0.6) is 5.75 Å². The minimum atomic E-state index is -0.269. The topological polar surface area (TPSA) is 76.1 Å². The van der Waals surface area contributed by atoms with Gasteiger partial charge in [-0.15, -0.1) is 0 Å². The number of amides is 1. The monoisotopic (exact) mass is 309 g/mol. The number of carbonyl (C=O) groups is 1. The molecule has 6 heteroatoms. The largest absolute Gasteiger partial charge is 0.497 e. The van der Waals surface area contributed by atoms with E-state index >= 15 is 0 Å². The van der Waals surface area contributed by atoms with Crippen LogP contribution in [-0.2, 0) is 0 Å². The van der Waals surface area contributed by atoms with Crippen LogP contribution < -0.4 is 15.7 Å². The van der Waals surface area contributed by atoms with E-state index in [1.54, 1.807) is 29.9 Å². The maximum Gasteiger partial charge on any atom is 0.327 e. The molecule has 2 N–H and O–H groups in total. The van der Waals surface area contributed by atoms with Crippen molar-refractivity contribution in [2.24, 2.45) is 0 Å². The summed E-state index contributed by atoms with van der Waals surface area (Å²) in [7, 11) is 1.61. The van der Waals surface area contributed by atoms with Crippen molar-refractivity contribution in [2.75, 3.05) is 13.7 Å². The fraction of sp³-hybridized carbons (Fsp3) is 0.176. The Morgan fingerprint density at radius 2 is 1.91 bits per heavy atom. The van der Waals surface area contributed by atoms with E-state index in [2.05, 4.69) is 10.3 Å². The van der Waals surface area contributed by atoms with Crippen LogP contribution >= 0.6 is 0 Å². The number of benzene rings is 2. The summed E-state index contributed by atoms with van der Waals surface area (Å²) in [5.74, 6) is 0.581. The van der Waals surface area contributed by atoms with Crippen LogP contribution in [0.3, 0.4) is 0 Å². The minimum absolute atomic E-state index is 0.167. The van der Waals surface area contributed by atoms with Gasteiger partial charge in [0.15, 0.2) is 0 Å². The summed E-state index contributed by atoms with van der Waals surface area (Å²) in [6.45, 7) is 0.354. The molecule has 1 amide bonds. The van der Waals surface area contributed by atoms with E-state index in [-0.39, 0.29) is 17.6 Å². The van der Waals surface area contributed by atoms with E-state index < -0.39 is 0 Å². The summed E-state index contributed by atoms with van der Waals surface area (Å²) in [6, 6.07) is 12.6. The smallest absolute Gasteiger partial charge is 0.327 e. The van der Waals surface area contributed by atoms with Crippen molar-refractivity contribution in [3.63, 3.8) is 0 Å². The van der Waals surface area contributed by atoms with Crippen molar-refractivity contribution in [1.29, 1.82) is 0 Å². The molecule has 0 bridgehead atoms. The van der Waals surface area contributed by atoms with Crippen molar-refractivity contribution < 1.29 is 9.53 Å². The van der Waals surface area contributed by atoms with Crippen molar-refractivity contribution in [1.82, 2.24) is 14.9 Å². The Morgan fingerprint density at radius 1 is 1.13 bits per heavy atom. The normalized spacial score (nSPS) is 16.9. The first-order valence-electron chi connectivity index (χ1n) is 7.34. The van der Waals surface area contributed by atoms with Crippen LogP contribution in [0, 0.1) is 0 Å². The highest BCUT2D eigenvalue weighted by Crippen LogP contribution is 2.27. The van der Waals surface area contributed by atoms with E-state index in [4.69, 9.17) is 4.74 Å². The van der Waals surface area contributed by atoms with Gasteiger partial charge in [0.1, 0.15) is 5.75 Å². The van der Waals surface area contributed by atoms with Gasteiger partial charge in [0.25, 0.3) is 5.91 Å². The number of ether oxygens (including phenoxy) is 1. The lowest BCUT2D eigenvalue weighted by molar-refractivity contribution is 0.0955. The van der Waals surface area contributed by atoms with Crippen molar-refractivity contribution in [2.45, 2.75) is 6.04 Å². The van der Waals surface area contributed by atoms with Crippen molar-refractivity contribution in [3.8, 4) is 5.75 Å². The predicted octanol–water partition coefficient (Wildman–Crippen LogP) is 1.67. The lowest BCUT2D eigenvalue weighted by Crippen LogP contribution is -2.31. The zero-order chi connectivity index (χ0) is 16.0. The van der Waals surface area contributed by atoms with Crippen LogP contribution in [-0.4, -0.2) is 29.1 Å². The van der Waals surface area contributed by atoms with Crippen LogP contribution in [0.25, 0.3) is 11.0 Å². The van der Waals surface area contributed by atoms with Crippen LogP contribution in [0.1, 0.15) is 22.0 Å². The summed E-state index contributed by atoms with van der Waals surface area (Å²) in [6.07, 6.45) is 0. The number of carbonyl (C=O) groups excluding carboxylic acids is 1. The standard InChI is InChI=1S/C17H15N3O3/c1-23-11-7-5-10(6-8-11)14-9-18-16(21)12-3-2-4-13-15(12)20(14)17(22)19-13/h2-8,14H,9H2,1H3,(H,18,21)(H,19,22). The third kappa shape index (κ3) is 2.03. The summed E-state index contributed by atoms with van der Waals surface area (Å²) in [5, 5.41) is 2.90. The average molecular weight is 309 g/mol. The van der Waals surface area contributed by atoms with Crippen LogP contribution in [0.15, 0.2) is 47.3 Å². The van der Waals surface area contributed by atoms with Gasteiger partial charge in [0, 0.05) is 6.54 Å². The number of hydrogen-bond acceptors (Lipinski definition) is 3. The Bertz CT molecular complexity index is 953. The van der Waals surface area contributed by atoms with Crippen molar-refractivity contribution >= 4 is 16.9 Å². The highest BCUT2D eigenvalue weighted by Gasteiger charge is 2.27. The molecule has 1 aliphatic rings. The van der Waals surface area contributed by atoms with Crippen LogP contribution in [0.4, 0.5) is 0 Å². The second-order valence-corrected chi connectivity index (χ2v) is 5.50. The third-order valence-electron chi connectivity index (χ3n) is 4.25. The first kappa shape index (κ1) is 13.6. The molecule has 1 unspecified atom stereocenters. The molecule has 2 heterocycles. The molecule has 1 atom stereocenters. The van der Waals surface area contributed by atoms with Gasteiger partial charge in [-0.25, -0.2) is 4.79 Å². The maximum absolute atomic E-state index is 12.5. The molecule has 0 aliphatic carbocycles. The number of nitrogens with one attached hydrogen (secondary N) is 2. The number of para-hydroxylation sites is 1. The minimum Gasteiger partial charge on any atom is -0.497 e. The number of rotatable bonds is 2. The first-order valence-corrected chi connectivity index (χ1v) is 7.34. The number of H-pyrrole nitrogens is 1. The molecule has 2 aromatic carbocycles. The van der Waals surface area contributed by atoms with Gasteiger partial charge < -0.3 is 15.0 Å². The number of methoxy groups -OCH3 is 1. The van der Waals surface area contributed by atoms with Gasteiger partial charge in [0.05, 0.1) is 29.7 Å². The van der Waals surface area contributed by atoms with Gasteiger partial charge in [0.2, 0.25) is 0 Å². The quantitative estimate of drug-likeness (QED) is 0.756. The SMILES string of the molecule is COc1ccc(C2CNC(=O)c3cccc4[nH]c(=O)n2c34)cc1. The number of nitrogens with zero attached hydrogens (tertiary/aromatic N) is 1. The number of imidazole rings is 1. The van der Waals surface area contributed by atoms with Crippen LogP contribution in [0.2, 0.25) is 0 Å². The molecule has 0 saturated carbocycles. The highest BCUT2D eigenvalue weighted by atomic mass is 16.5. The molecule has 6 nitrogen and oxygen atoms in total. The summed E-state index contributed by atoms with van der Waals surface area (Å²) in [5.41, 5.74) is 2.55. The first-order chi connectivity index (χ1) is 11.2. The second kappa shape index (κ2) is 5.01. The lowest BCUT2D eigenvalue weighted by Gasteiger charge is -2.17. The molecule has 116 valence electrons. The van der Waals surface area contributed by atoms with Gasteiger partial charge in [-0.3, -0.25) is 9.36 Å². The summed E-state index contributed by atoms with van der Waals surface area (Å²) < 4.78 is 6.83. The molecule has 0 saturated heterocycles. The molecule has 1 aliphatic heterocycles.